The predicted octanol–water partition coefficient (Wildman–Crippen LogP) is 2.15. The summed E-state index contributed by atoms with van der Waals surface area (Å²) in [7, 11) is 0. The third-order valence-corrected chi connectivity index (χ3v) is 4.51. The molecule has 1 aliphatic rings. The summed E-state index contributed by atoms with van der Waals surface area (Å²) >= 11 is 1.69. The zero-order valence-corrected chi connectivity index (χ0v) is 11.9. The predicted molar refractivity (Wildman–Crippen MR) is 77.8 cm³/mol. The third kappa shape index (κ3) is 1.85. The van der Waals surface area contributed by atoms with Gasteiger partial charge in [-0.05, 0) is 19.4 Å². The maximum absolute atomic E-state index is 4.34. The molecule has 0 saturated carbocycles. The van der Waals surface area contributed by atoms with Crippen molar-refractivity contribution in [1.82, 2.24) is 24.7 Å². The maximum Gasteiger partial charge on any atom is 0.152 e. The van der Waals surface area contributed by atoms with E-state index in [-0.39, 0.29) is 0 Å². The molecule has 0 atom stereocenters. The molecule has 0 radical (unpaired) electrons. The second-order valence-electron chi connectivity index (χ2n) is 4.94. The van der Waals surface area contributed by atoms with Crippen LogP contribution < -0.4 is 5.32 Å². The van der Waals surface area contributed by atoms with Crippen molar-refractivity contribution in [2.45, 2.75) is 32.9 Å². The van der Waals surface area contributed by atoms with Gasteiger partial charge in [0.1, 0.15) is 22.8 Å². The van der Waals surface area contributed by atoms with Gasteiger partial charge in [0.15, 0.2) is 5.82 Å². The van der Waals surface area contributed by atoms with Crippen molar-refractivity contribution in [3.05, 3.63) is 28.9 Å². The molecule has 0 bridgehead atoms. The van der Waals surface area contributed by atoms with Crippen LogP contribution in [0.25, 0.3) is 10.2 Å². The summed E-state index contributed by atoms with van der Waals surface area (Å²) in [4.78, 5) is 10.9. The molecular weight excluding hydrogens is 272 g/mol. The SMILES string of the molecule is Cc1cc2c(NCc3nnc4n3CCC4)ncnc2s1. The van der Waals surface area contributed by atoms with Gasteiger partial charge in [0.2, 0.25) is 0 Å². The van der Waals surface area contributed by atoms with Gasteiger partial charge in [-0.25, -0.2) is 9.97 Å². The van der Waals surface area contributed by atoms with E-state index in [0.717, 1.165) is 40.6 Å². The smallest absolute Gasteiger partial charge is 0.152 e. The molecule has 4 heterocycles. The number of hydrogen-bond donors (Lipinski definition) is 1. The zero-order chi connectivity index (χ0) is 13.5. The van der Waals surface area contributed by atoms with Crippen molar-refractivity contribution in [1.29, 1.82) is 0 Å². The van der Waals surface area contributed by atoms with Gasteiger partial charge in [-0.15, -0.1) is 21.5 Å². The lowest BCUT2D eigenvalue weighted by Crippen LogP contribution is -2.08. The van der Waals surface area contributed by atoms with Crippen LogP contribution in [0.3, 0.4) is 0 Å². The Balaban J connectivity index is 1.61. The highest BCUT2D eigenvalue weighted by molar-refractivity contribution is 7.18. The summed E-state index contributed by atoms with van der Waals surface area (Å²) in [5, 5.41) is 12.9. The third-order valence-electron chi connectivity index (χ3n) is 3.55. The minimum absolute atomic E-state index is 0.647. The molecule has 0 unspecified atom stereocenters. The fourth-order valence-electron chi connectivity index (χ4n) is 2.62. The number of nitrogens with zero attached hydrogens (tertiary/aromatic N) is 5. The first-order valence-electron chi connectivity index (χ1n) is 6.67. The number of thiophene rings is 1. The molecule has 0 amide bonds. The van der Waals surface area contributed by atoms with E-state index in [1.165, 1.54) is 11.3 Å². The van der Waals surface area contributed by atoms with E-state index >= 15 is 0 Å². The summed E-state index contributed by atoms with van der Waals surface area (Å²) in [5.41, 5.74) is 0. The van der Waals surface area contributed by atoms with Crippen LogP contribution in [0.15, 0.2) is 12.4 Å². The second kappa shape index (κ2) is 4.52. The zero-order valence-electron chi connectivity index (χ0n) is 11.1. The van der Waals surface area contributed by atoms with Gasteiger partial charge in [-0.3, -0.25) is 0 Å². The molecule has 7 heteroatoms. The lowest BCUT2D eigenvalue weighted by molar-refractivity contribution is 0.695. The molecule has 4 rings (SSSR count). The molecule has 102 valence electrons. The summed E-state index contributed by atoms with van der Waals surface area (Å²) < 4.78 is 2.20. The first-order chi connectivity index (χ1) is 9.81. The summed E-state index contributed by atoms with van der Waals surface area (Å²) in [5.74, 6) is 2.95. The molecule has 1 aliphatic heterocycles. The highest BCUT2D eigenvalue weighted by atomic mass is 32.1. The Morgan fingerprint density at radius 2 is 2.30 bits per heavy atom. The van der Waals surface area contributed by atoms with Crippen LogP contribution in [0, 0.1) is 6.92 Å². The number of aryl methyl sites for hydroxylation is 2. The van der Waals surface area contributed by atoms with E-state index in [2.05, 4.69) is 43.0 Å². The largest absolute Gasteiger partial charge is 0.362 e. The molecule has 0 saturated heterocycles. The van der Waals surface area contributed by atoms with Crippen LogP contribution >= 0.6 is 11.3 Å². The van der Waals surface area contributed by atoms with Gasteiger partial charge >= 0.3 is 0 Å². The highest BCUT2D eigenvalue weighted by Crippen LogP contribution is 2.27. The first-order valence-corrected chi connectivity index (χ1v) is 7.49. The van der Waals surface area contributed by atoms with Crippen molar-refractivity contribution in [3.63, 3.8) is 0 Å². The molecule has 0 spiro atoms. The number of fused-ring (bicyclic) bond motifs is 2. The van der Waals surface area contributed by atoms with Crippen molar-refractivity contribution in [2.24, 2.45) is 0 Å². The number of aromatic nitrogens is 5. The Morgan fingerprint density at radius 3 is 3.25 bits per heavy atom. The number of rotatable bonds is 3. The van der Waals surface area contributed by atoms with Crippen LogP contribution in [0.1, 0.15) is 22.9 Å². The minimum Gasteiger partial charge on any atom is -0.362 e. The van der Waals surface area contributed by atoms with E-state index in [0.29, 0.717) is 6.54 Å². The average Bonchev–Trinajstić information content (AvgIpc) is 3.10. The standard InChI is InChI=1S/C13H14N6S/c1-8-5-9-12(15-7-16-13(9)20-8)14-6-11-18-17-10-3-2-4-19(10)11/h5,7H,2-4,6H2,1H3,(H,14,15,16). The first kappa shape index (κ1) is 11.8. The van der Waals surface area contributed by atoms with E-state index < -0.39 is 0 Å². The van der Waals surface area contributed by atoms with Crippen molar-refractivity contribution in [2.75, 3.05) is 5.32 Å². The van der Waals surface area contributed by atoms with Crippen molar-refractivity contribution in [3.8, 4) is 0 Å². The van der Waals surface area contributed by atoms with Gasteiger partial charge in [-0.1, -0.05) is 0 Å². The van der Waals surface area contributed by atoms with Crippen molar-refractivity contribution >= 4 is 27.4 Å². The molecule has 0 aromatic carbocycles. The molecule has 20 heavy (non-hydrogen) atoms. The van der Waals surface area contributed by atoms with Gasteiger partial charge in [-0.2, -0.15) is 0 Å². The maximum atomic E-state index is 4.34. The van der Waals surface area contributed by atoms with Crippen LogP contribution in [0.5, 0.6) is 0 Å². The van der Waals surface area contributed by atoms with E-state index in [4.69, 9.17) is 0 Å². The van der Waals surface area contributed by atoms with Gasteiger partial charge in [0.05, 0.1) is 11.9 Å². The Hall–Kier alpha value is -2.02. The average molecular weight is 286 g/mol. The van der Waals surface area contributed by atoms with Crippen LogP contribution in [-0.4, -0.2) is 24.7 Å². The number of hydrogen-bond acceptors (Lipinski definition) is 6. The fraction of sp³-hybridized carbons (Fsp3) is 0.385. The second-order valence-corrected chi connectivity index (χ2v) is 6.17. The Morgan fingerprint density at radius 1 is 1.35 bits per heavy atom. The van der Waals surface area contributed by atoms with Crippen LogP contribution in [0.2, 0.25) is 0 Å². The van der Waals surface area contributed by atoms with E-state index in [9.17, 15) is 0 Å². The normalized spacial score (nSPS) is 13.8. The topological polar surface area (TPSA) is 68.5 Å². The van der Waals surface area contributed by atoms with E-state index in [1.54, 1.807) is 17.7 Å². The Kier molecular flexibility index (Phi) is 2.66. The lowest BCUT2D eigenvalue weighted by atomic mass is 10.3. The highest BCUT2D eigenvalue weighted by Gasteiger charge is 2.17. The molecule has 1 N–H and O–H groups in total. The summed E-state index contributed by atoms with van der Waals surface area (Å²) in [6, 6.07) is 2.12. The van der Waals surface area contributed by atoms with Gasteiger partial charge < -0.3 is 9.88 Å². The molecule has 6 nitrogen and oxygen atoms in total. The molecular formula is C13H14N6S. The van der Waals surface area contributed by atoms with Crippen LogP contribution in [0.4, 0.5) is 5.82 Å². The number of nitrogens with one attached hydrogen (secondary N) is 1. The van der Waals surface area contributed by atoms with Gasteiger partial charge in [0, 0.05) is 17.8 Å². The molecule has 3 aromatic rings. The monoisotopic (exact) mass is 286 g/mol. The van der Waals surface area contributed by atoms with Crippen molar-refractivity contribution < 1.29 is 0 Å². The molecule has 0 fully saturated rings. The fourth-order valence-corrected chi connectivity index (χ4v) is 3.47. The van der Waals surface area contributed by atoms with E-state index in [1.807, 2.05) is 0 Å². The molecule has 0 aliphatic carbocycles. The van der Waals surface area contributed by atoms with Gasteiger partial charge in [0.25, 0.3) is 0 Å². The Labute approximate surface area is 119 Å². The molecule has 3 aromatic heterocycles. The lowest BCUT2D eigenvalue weighted by Gasteiger charge is -2.06. The number of anilines is 1. The quantitative estimate of drug-likeness (QED) is 0.799. The summed E-state index contributed by atoms with van der Waals surface area (Å²) in [6.07, 6.45) is 3.81. The van der Waals surface area contributed by atoms with Crippen LogP contribution in [-0.2, 0) is 19.5 Å². The Bertz CT molecular complexity index is 774. The minimum atomic E-state index is 0.647. The summed E-state index contributed by atoms with van der Waals surface area (Å²) in [6.45, 7) is 3.76.